The van der Waals surface area contributed by atoms with Crippen LogP contribution in [0.1, 0.15) is 6.92 Å². The molecule has 5 nitrogen and oxygen atoms in total. The molecule has 1 aliphatic rings. The lowest BCUT2D eigenvalue weighted by Gasteiger charge is -2.34. The van der Waals surface area contributed by atoms with Gasteiger partial charge in [0.15, 0.2) is 0 Å². The van der Waals surface area contributed by atoms with E-state index in [4.69, 9.17) is 21.1 Å². The average Bonchev–Trinajstić information content (AvgIpc) is 2.60. The van der Waals surface area contributed by atoms with E-state index in [1.165, 1.54) is 0 Å². The van der Waals surface area contributed by atoms with Gasteiger partial charge in [-0.15, -0.1) is 0 Å². The molecule has 1 aromatic rings. The van der Waals surface area contributed by atoms with Crippen LogP contribution in [0.4, 0.5) is 0 Å². The number of carbonyl (C=O) groups excluding carboxylic acids is 2. The minimum atomic E-state index is -1.49. The molecular weight excluding hydrogens is 314 g/mol. The number of hydrogen-bond acceptors (Lipinski definition) is 6. The average molecular weight is 328 g/mol. The first-order valence-electron chi connectivity index (χ1n) is 6.21. The van der Waals surface area contributed by atoms with Crippen molar-refractivity contribution in [2.75, 3.05) is 7.05 Å². The third kappa shape index (κ3) is 3.78. The van der Waals surface area contributed by atoms with Gasteiger partial charge in [0.25, 0.3) is 0 Å². The number of esters is 2. The van der Waals surface area contributed by atoms with Crippen LogP contribution in [-0.2, 0) is 19.1 Å². The third-order valence-electron chi connectivity index (χ3n) is 2.88. The maximum absolute atomic E-state index is 11.7. The molecule has 2 rings (SSSR count). The van der Waals surface area contributed by atoms with Crippen LogP contribution in [0.2, 0.25) is 5.02 Å². The zero-order valence-electron chi connectivity index (χ0n) is 11.5. The van der Waals surface area contributed by atoms with Gasteiger partial charge in [-0.05, 0) is 50.0 Å². The quantitative estimate of drug-likeness (QED) is 0.856. The van der Waals surface area contributed by atoms with Crippen molar-refractivity contribution >= 4 is 35.3 Å². The van der Waals surface area contributed by atoms with Crippen molar-refractivity contribution < 1.29 is 19.1 Å². The molecule has 7 heteroatoms. The van der Waals surface area contributed by atoms with Crippen LogP contribution in [0.3, 0.4) is 0 Å². The number of nitrogens with one attached hydrogen (secondary N) is 1. The molecule has 1 atom stereocenters. The molecule has 112 valence electrons. The molecule has 0 spiro atoms. The number of likely N-dealkylation sites (N-methyl/N-ethyl adjacent to an activating group) is 1. The second kappa shape index (κ2) is 6.51. The van der Waals surface area contributed by atoms with Crippen molar-refractivity contribution in [3.8, 4) is 0 Å². The molecule has 0 saturated heterocycles. The second-order valence-electron chi connectivity index (χ2n) is 4.35. The normalized spacial score (nSPS) is 18.6. The molecule has 0 bridgehead atoms. The third-order valence-corrected chi connectivity index (χ3v) is 4.44. The fourth-order valence-electron chi connectivity index (χ4n) is 1.66. The van der Waals surface area contributed by atoms with Gasteiger partial charge < -0.3 is 14.8 Å². The Bertz CT molecular complexity index is 553. The van der Waals surface area contributed by atoms with Crippen molar-refractivity contribution in [2.45, 2.75) is 23.0 Å². The standard InChI is InChI=1S/C14H14ClNO4S/c1-9(16-2)14(19-12(17)7-8-13(18)20-14)21-11-5-3-10(15)4-6-11/h3-9,16H,1-2H3. The molecule has 0 fully saturated rings. The molecule has 0 saturated carbocycles. The lowest BCUT2D eigenvalue weighted by Crippen LogP contribution is -2.50. The highest BCUT2D eigenvalue weighted by Gasteiger charge is 2.46. The van der Waals surface area contributed by atoms with Gasteiger partial charge in [0.2, 0.25) is 0 Å². The molecule has 0 aliphatic carbocycles. The van der Waals surface area contributed by atoms with Gasteiger partial charge in [-0.3, -0.25) is 0 Å². The smallest absolute Gasteiger partial charge is 0.334 e. The van der Waals surface area contributed by atoms with E-state index >= 15 is 0 Å². The van der Waals surface area contributed by atoms with Gasteiger partial charge in [-0.1, -0.05) is 11.6 Å². The van der Waals surface area contributed by atoms with E-state index in [2.05, 4.69) is 5.32 Å². The summed E-state index contributed by atoms with van der Waals surface area (Å²) in [5.41, 5.74) is 0. The summed E-state index contributed by atoms with van der Waals surface area (Å²) in [7, 11) is 1.69. The number of ether oxygens (including phenoxy) is 2. The van der Waals surface area contributed by atoms with Crippen LogP contribution in [-0.4, -0.2) is 30.1 Å². The highest BCUT2D eigenvalue weighted by molar-refractivity contribution is 8.00. The molecule has 1 heterocycles. The lowest BCUT2D eigenvalue weighted by atomic mass is 10.3. The molecule has 1 unspecified atom stereocenters. The van der Waals surface area contributed by atoms with E-state index < -0.39 is 23.1 Å². The van der Waals surface area contributed by atoms with Crippen molar-refractivity contribution in [2.24, 2.45) is 0 Å². The number of halogens is 1. The number of rotatable bonds is 4. The van der Waals surface area contributed by atoms with Crippen LogP contribution < -0.4 is 5.32 Å². The molecule has 1 aliphatic heterocycles. The van der Waals surface area contributed by atoms with Gasteiger partial charge in [0.1, 0.15) is 0 Å². The molecular formula is C14H14ClNO4S. The first kappa shape index (κ1) is 15.9. The number of carbonyl (C=O) groups is 2. The van der Waals surface area contributed by atoms with E-state index in [0.717, 1.165) is 28.8 Å². The minimum Gasteiger partial charge on any atom is -0.408 e. The summed E-state index contributed by atoms with van der Waals surface area (Å²) in [5, 5.41) is 2.05. The van der Waals surface area contributed by atoms with Crippen molar-refractivity contribution in [3.05, 3.63) is 41.4 Å². The van der Waals surface area contributed by atoms with Crippen molar-refractivity contribution in [1.29, 1.82) is 0 Å². The fourth-order valence-corrected chi connectivity index (χ4v) is 2.92. The monoisotopic (exact) mass is 327 g/mol. The summed E-state index contributed by atoms with van der Waals surface area (Å²) in [6.45, 7) is 1.76. The maximum atomic E-state index is 11.7. The predicted octanol–water partition coefficient (Wildman–Crippen LogP) is 2.35. The van der Waals surface area contributed by atoms with Gasteiger partial charge in [-0.25, -0.2) is 9.59 Å². The zero-order valence-corrected chi connectivity index (χ0v) is 13.0. The summed E-state index contributed by atoms with van der Waals surface area (Å²) < 4.78 is 10.7. The highest BCUT2D eigenvalue weighted by Crippen LogP contribution is 2.39. The fraction of sp³-hybridized carbons (Fsp3) is 0.286. The summed E-state index contributed by atoms with van der Waals surface area (Å²) >= 11 is 6.98. The van der Waals surface area contributed by atoms with Crippen LogP contribution in [0.25, 0.3) is 0 Å². The Kier molecular flexibility index (Phi) is 4.92. The van der Waals surface area contributed by atoms with E-state index in [1.54, 1.807) is 38.2 Å². The first-order valence-corrected chi connectivity index (χ1v) is 7.40. The maximum Gasteiger partial charge on any atom is 0.334 e. The molecule has 1 aromatic carbocycles. The van der Waals surface area contributed by atoms with E-state index in [9.17, 15) is 9.59 Å². The summed E-state index contributed by atoms with van der Waals surface area (Å²) in [6, 6.07) is 6.51. The molecule has 1 N–H and O–H groups in total. The number of thioether (sulfide) groups is 1. The largest absolute Gasteiger partial charge is 0.408 e. The van der Waals surface area contributed by atoms with Crippen LogP contribution in [0, 0.1) is 0 Å². The first-order chi connectivity index (χ1) is 9.95. The Morgan fingerprint density at radius 2 is 1.67 bits per heavy atom. The summed E-state index contributed by atoms with van der Waals surface area (Å²) in [5.74, 6) is -1.27. The SMILES string of the molecule is CNC(C)C1(Sc2ccc(Cl)cc2)OC(=O)C=CC(=O)O1. The molecule has 0 aromatic heterocycles. The number of benzene rings is 1. The van der Waals surface area contributed by atoms with Crippen LogP contribution >= 0.6 is 23.4 Å². The Morgan fingerprint density at radius 1 is 1.14 bits per heavy atom. The summed E-state index contributed by atoms with van der Waals surface area (Å²) in [6.07, 6.45) is 2.10. The topological polar surface area (TPSA) is 64.6 Å². The molecule has 0 radical (unpaired) electrons. The van der Waals surface area contributed by atoms with Crippen LogP contribution in [0.5, 0.6) is 0 Å². The number of hydrogen-bond donors (Lipinski definition) is 1. The van der Waals surface area contributed by atoms with Crippen LogP contribution in [0.15, 0.2) is 41.3 Å². The number of cyclic esters (lactones) is 2. The molecule has 0 amide bonds. The van der Waals surface area contributed by atoms with Crippen molar-refractivity contribution in [1.82, 2.24) is 5.32 Å². The van der Waals surface area contributed by atoms with Gasteiger partial charge in [0.05, 0.1) is 6.04 Å². The van der Waals surface area contributed by atoms with Crippen molar-refractivity contribution in [3.63, 3.8) is 0 Å². The highest BCUT2D eigenvalue weighted by atomic mass is 35.5. The Balaban J connectivity index is 2.34. The van der Waals surface area contributed by atoms with Gasteiger partial charge in [-0.2, -0.15) is 0 Å². The summed E-state index contributed by atoms with van der Waals surface area (Å²) in [4.78, 5) is 24.2. The van der Waals surface area contributed by atoms with Gasteiger partial charge >= 0.3 is 17.1 Å². The van der Waals surface area contributed by atoms with E-state index in [0.29, 0.717) is 5.02 Å². The molecule has 21 heavy (non-hydrogen) atoms. The van der Waals surface area contributed by atoms with E-state index in [1.807, 2.05) is 0 Å². The minimum absolute atomic E-state index is 0.425. The van der Waals surface area contributed by atoms with Gasteiger partial charge in [0, 0.05) is 22.1 Å². The lowest BCUT2D eigenvalue weighted by molar-refractivity contribution is -0.194. The zero-order chi connectivity index (χ0) is 15.5. The Hall–Kier alpha value is -1.50. The Morgan fingerprint density at radius 3 is 2.14 bits per heavy atom. The predicted molar refractivity (Wildman–Crippen MR) is 79.9 cm³/mol. The Labute approximate surface area is 131 Å². The van der Waals surface area contributed by atoms with E-state index in [-0.39, 0.29) is 0 Å². The second-order valence-corrected chi connectivity index (χ2v) is 6.03.